The molecule has 0 bridgehead atoms. The minimum atomic E-state index is 0.417. The van der Waals surface area contributed by atoms with Crippen LogP contribution in [0, 0.1) is 11.3 Å². The first-order chi connectivity index (χ1) is 5.77. The smallest absolute Gasteiger partial charge is 0.152 e. The highest BCUT2D eigenvalue weighted by atomic mass is 32.1. The Balaban J connectivity index is 2.91. The third kappa shape index (κ3) is 1.80. The van der Waals surface area contributed by atoms with Crippen molar-refractivity contribution in [1.29, 1.82) is 5.26 Å². The molecule has 1 aromatic rings. The van der Waals surface area contributed by atoms with E-state index in [9.17, 15) is 0 Å². The van der Waals surface area contributed by atoms with E-state index in [0.29, 0.717) is 16.4 Å². The molecule has 0 saturated heterocycles. The van der Waals surface area contributed by atoms with E-state index in [1.54, 1.807) is 12.3 Å². The van der Waals surface area contributed by atoms with Gasteiger partial charge in [-0.2, -0.15) is 5.26 Å². The summed E-state index contributed by atoms with van der Waals surface area (Å²) in [6.07, 6.45) is 0. The second-order valence-corrected chi connectivity index (χ2v) is 2.87. The molecule has 0 radical (unpaired) electrons. The van der Waals surface area contributed by atoms with Crippen molar-refractivity contribution in [2.24, 2.45) is 5.16 Å². The Morgan fingerprint density at radius 2 is 2.58 bits per heavy atom. The molecule has 0 N–H and O–H groups in total. The fourth-order valence-corrected chi connectivity index (χ4v) is 1.35. The molecule has 0 atom stereocenters. The van der Waals surface area contributed by atoms with Crippen LogP contribution in [0.4, 0.5) is 0 Å². The Morgan fingerprint density at radius 1 is 1.83 bits per heavy atom. The molecule has 0 aliphatic rings. The third-order valence-electron chi connectivity index (χ3n) is 1.16. The molecule has 1 rings (SSSR count). The SMILES string of the molecule is CON=C(C)c1nc(C#N)cs1. The van der Waals surface area contributed by atoms with Gasteiger partial charge in [0.05, 0.1) is 0 Å². The Morgan fingerprint density at radius 3 is 3.08 bits per heavy atom. The molecule has 0 saturated carbocycles. The second kappa shape index (κ2) is 3.83. The van der Waals surface area contributed by atoms with Gasteiger partial charge in [-0.3, -0.25) is 0 Å². The average Bonchev–Trinajstić information content (AvgIpc) is 2.52. The molecule has 1 aromatic heterocycles. The highest BCUT2D eigenvalue weighted by molar-refractivity contribution is 7.11. The first-order valence-electron chi connectivity index (χ1n) is 3.21. The summed E-state index contributed by atoms with van der Waals surface area (Å²) in [5.41, 5.74) is 1.10. The first-order valence-corrected chi connectivity index (χ1v) is 4.09. The molecular formula is C7H7N3OS. The van der Waals surface area contributed by atoms with Crippen LogP contribution in [-0.4, -0.2) is 17.8 Å². The summed E-state index contributed by atoms with van der Waals surface area (Å²) in [5, 5.41) is 14.6. The standard InChI is InChI=1S/C7H7N3OS/c1-5(10-11-2)7-9-6(3-8)4-12-7/h4H,1-2H3. The van der Waals surface area contributed by atoms with Gasteiger partial charge in [-0.15, -0.1) is 11.3 Å². The fraction of sp³-hybridized carbons (Fsp3) is 0.286. The maximum absolute atomic E-state index is 8.49. The van der Waals surface area contributed by atoms with Crippen LogP contribution in [0.5, 0.6) is 0 Å². The van der Waals surface area contributed by atoms with Gasteiger partial charge in [0, 0.05) is 5.38 Å². The lowest BCUT2D eigenvalue weighted by atomic mass is 10.4. The van der Waals surface area contributed by atoms with Crippen molar-refractivity contribution in [3.05, 3.63) is 16.1 Å². The third-order valence-corrected chi connectivity index (χ3v) is 2.11. The summed E-state index contributed by atoms with van der Waals surface area (Å²) < 4.78 is 0. The van der Waals surface area contributed by atoms with Gasteiger partial charge in [0.2, 0.25) is 0 Å². The predicted molar refractivity (Wildman–Crippen MR) is 46.0 cm³/mol. The largest absolute Gasteiger partial charge is 0.399 e. The van der Waals surface area contributed by atoms with Crippen molar-refractivity contribution in [3.63, 3.8) is 0 Å². The number of rotatable bonds is 2. The van der Waals surface area contributed by atoms with Crippen LogP contribution in [0.25, 0.3) is 0 Å². The van der Waals surface area contributed by atoms with Gasteiger partial charge in [-0.25, -0.2) is 4.98 Å². The van der Waals surface area contributed by atoms with E-state index >= 15 is 0 Å². The minimum Gasteiger partial charge on any atom is -0.399 e. The predicted octanol–water partition coefficient (Wildman–Crippen LogP) is 1.39. The lowest BCUT2D eigenvalue weighted by Crippen LogP contribution is -1.94. The van der Waals surface area contributed by atoms with Gasteiger partial charge in [0.25, 0.3) is 0 Å². The van der Waals surface area contributed by atoms with Crippen LogP contribution in [0.3, 0.4) is 0 Å². The van der Waals surface area contributed by atoms with Crippen LogP contribution in [0.2, 0.25) is 0 Å². The number of oxime groups is 1. The van der Waals surface area contributed by atoms with Crippen molar-refractivity contribution in [2.75, 3.05) is 7.11 Å². The Bertz CT molecular complexity index is 337. The zero-order valence-corrected chi connectivity index (χ0v) is 7.55. The van der Waals surface area contributed by atoms with Crippen LogP contribution >= 0.6 is 11.3 Å². The first kappa shape index (κ1) is 8.68. The molecule has 0 amide bonds. The van der Waals surface area contributed by atoms with E-state index in [2.05, 4.69) is 15.0 Å². The zero-order valence-electron chi connectivity index (χ0n) is 6.74. The Kier molecular flexibility index (Phi) is 2.77. The van der Waals surface area contributed by atoms with Crippen LogP contribution in [-0.2, 0) is 4.84 Å². The normalized spacial score (nSPS) is 10.9. The highest BCUT2D eigenvalue weighted by Gasteiger charge is 2.03. The van der Waals surface area contributed by atoms with Gasteiger partial charge in [0.1, 0.15) is 23.9 Å². The Hall–Kier alpha value is -1.41. The van der Waals surface area contributed by atoms with Crippen molar-refractivity contribution in [2.45, 2.75) is 6.92 Å². The molecule has 0 aliphatic carbocycles. The van der Waals surface area contributed by atoms with E-state index in [1.807, 2.05) is 6.07 Å². The number of thiazole rings is 1. The van der Waals surface area contributed by atoms with Crippen LogP contribution in [0.15, 0.2) is 10.5 Å². The van der Waals surface area contributed by atoms with Gasteiger partial charge in [-0.05, 0) is 6.92 Å². The number of aromatic nitrogens is 1. The fourth-order valence-electron chi connectivity index (χ4n) is 0.667. The number of hydrogen-bond donors (Lipinski definition) is 0. The second-order valence-electron chi connectivity index (χ2n) is 2.01. The molecule has 12 heavy (non-hydrogen) atoms. The molecule has 1 heterocycles. The maximum atomic E-state index is 8.49. The van der Waals surface area contributed by atoms with Gasteiger partial charge in [-0.1, -0.05) is 5.16 Å². The van der Waals surface area contributed by atoms with E-state index < -0.39 is 0 Å². The quantitative estimate of drug-likeness (QED) is 0.511. The number of hydrogen-bond acceptors (Lipinski definition) is 5. The van der Waals surface area contributed by atoms with Gasteiger partial charge < -0.3 is 4.84 Å². The van der Waals surface area contributed by atoms with E-state index in [1.165, 1.54) is 18.4 Å². The van der Waals surface area contributed by atoms with E-state index in [0.717, 1.165) is 0 Å². The van der Waals surface area contributed by atoms with Crippen molar-refractivity contribution in [3.8, 4) is 6.07 Å². The summed E-state index contributed by atoms with van der Waals surface area (Å²) >= 11 is 1.38. The monoisotopic (exact) mass is 181 g/mol. The van der Waals surface area contributed by atoms with Crippen LogP contribution < -0.4 is 0 Å². The zero-order chi connectivity index (χ0) is 8.97. The summed E-state index contributed by atoms with van der Waals surface area (Å²) in [4.78, 5) is 8.57. The lowest BCUT2D eigenvalue weighted by molar-refractivity contribution is 0.213. The highest BCUT2D eigenvalue weighted by Crippen LogP contribution is 2.09. The maximum Gasteiger partial charge on any atom is 0.152 e. The summed E-state index contributed by atoms with van der Waals surface area (Å²) in [5.74, 6) is 0. The van der Waals surface area contributed by atoms with Gasteiger partial charge in [0.15, 0.2) is 5.69 Å². The lowest BCUT2D eigenvalue weighted by Gasteiger charge is -1.90. The number of nitrogens with zero attached hydrogens (tertiary/aromatic N) is 3. The molecule has 0 aliphatic heterocycles. The van der Waals surface area contributed by atoms with E-state index in [-0.39, 0.29) is 0 Å². The summed E-state index contributed by atoms with van der Waals surface area (Å²) in [6.45, 7) is 1.78. The molecule has 0 spiro atoms. The van der Waals surface area contributed by atoms with E-state index in [4.69, 9.17) is 5.26 Å². The minimum absolute atomic E-state index is 0.417. The Labute approximate surface area is 74.1 Å². The molecular weight excluding hydrogens is 174 g/mol. The molecule has 0 aromatic carbocycles. The van der Waals surface area contributed by atoms with Crippen molar-refractivity contribution in [1.82, 2.24) is 4.98 Å². The molecule has 0 unspecified atom stereocenters. The van der Waals surface area contributed by atoms with Crippen molar-refractivity contribution >= 4 is 17.0 Å². The summed E-state index contributed by atoms with van der Waals surface area (Å²) in [7, 11) is 1.47. The molecule has 4 nitrogen and oxygen atoms in total. The molecule has 62 valence electrons. The van der Waals surface area contributed by atoms with Crippen molar-refractivity contribution < 1.29 is 4.84 Å². The van der Waals surface area contributed by atoms with Gasteiger partial charge >= 0.3 is 0 Å². The summed E-state index contributed by atoms with van der Waals surface area (Å²) in [6, 6.07) is 1.95. The average molecular weight is 181 g/mol. The van der Waals surface area contributed by atoms with Crippen LogP contribution in [0.1, 0.15) is 17.6 Å². The molecule has 0 fully saturated rings. The topological polar surface area (TPSA) is 58.3 Å². The molecule has 5 heteroatoms. The number of nitriles is 1.